The number of rotatable bonds is 6. The summed E-state index contributed by atoms with van der Waals surface area (Å²) in [6, 6.07) is 6.69. The summed E-state index contributed by atoms with van der Waals surface area (Å²) in [5, 5.41) is 10.8. The molecule has 1 N–H and O–H groups in total. The van der Waals surface area contributed by atoms with E-state index in [1.807, 2.05) is 0 Å². The number of carbonyl (C=O) groups is 1. The number of ether oxygens (including phenoxy) is 1. The van der Waals surface area contributed by atoms with E-state index >= 15 is 0 Å². The second kappa shape index (κ2) is 7.64. The summed E-state index contributed by atoms with van der Waals surface area (Å²) in [6.45, 7) is 3.52. The molecule has 11 heteroatoms. The molecule has 0 spiro atoms. The maximum atomic E-state index is 12.5. The van der Waals surface area contributed by atoms with Crippen molar-refractivity contribution in [2.24, 2.45) is 0 Å². The Hall–Kier alpha value is -2.11. The van der Waals surface area contributed by atoms with Crippen molar-refractivity contribution < 1.29 is 17.9 Å². The van der Waals surface area contributed by atoms with Gasteiger partial charge in [0.2, 0.25) is 15.2 Å². The zero-order chi connectivity index (χ0) is 18.7. The van der Waals surface area contributed by atoms with E-state index in [-0.39, 0.29) is 6.54 Å². The van der Waals surface area contributed by atoms with Crippen LogP contribution in [0.1, 0.15) is 0 Å². The highest BCUT2D eigenvalue weighted by molar-refractivity contribution is 8.01. The molecule has 0 saturated heterocycles. The van der Waals surface area contributed by atoms with E-state index in [0.29, 0.717) is 26.7 Å². The Balaban J connectivity index is 1.76. The molecule has 1 unspecified atom stereocenters. The Morgan fingerprint density at radius 3 is 3.00 bits per heavy atom. The van der Waals surface area contributed by atoms with Gasteiger partial charge in [-0.1, -0.05) is 41.3 Å². The highest BCUT2D eigenvalue weighted by atomic mass is 32.2. The lowest BCUT2D eigenvalue weighted by atomic mass is 10.2. The summed E-state index contributed by atoms with van der Waals surface area (Å²) < 4.78 is 31.7. The first kappa shape index (κ1) is 18.7. The number of anilines is 2. The summed E-state index contributed by atoms with van der Waals surface area (Å²) >= 11 is 2.69. The van der Waals surface area contributed by atoms with E-state index in [4.69, 9.17) is 4.74 Å². The Morgan fingerprint density at radius 2 is 2.27 bits per heavy atom. The smallest absolute Gasteiger partial charge is 0.269 e. The van der Waals surface area contributed by atoms with E-state index < -0.39 is 22.0 Å². The first-order chi connectivity index (χ1) is 12.4. The molecule has 1 atom stereocenters. The van der Waals surface area contributed by atoms with E-state index in [1.165, 1.54) is 27.4 Å². The van der Waals surface area contributed by atoms with Crippen LogP contribution in [0.4, 0.5) is 10.8 Å². The lowest BCUT2D eigenvalue weighted by Crippen LogP contribution is -2.48. The van der Waals surface area contributed by atoms with E-state index in [2.05, 4.69) is 22.1 Å². The Labute approximate surface area is 159 Å². The maximum absolute atomic E-state index is 12.5. The van der Waals surface area contributed by atoms with Crippen LogP contribution in [0.2, 0.25) is 0 Å². The molecule has 1 amide bonds. The van der Waals surface area contributed by atoms with Gasteiger partial charge in [-0.3, -0.25) is 14.4 Å². The number of hydrogen-bond donors (Lipinski definition) is 1. The number of aromatic nitrogens is 2. The standard InChI is InChI=1S/C15H16N4O4S3/c1-3-8-24-15-18-17-14(25-15)16-13(20)12-9-19(26(2,21)22)10-6-4-5-7-11(10)23-12/h3-7,12H,1,8-9H2,2H3,(H,16,17,20). The fourth-order valence-electron chi connectivity index (χ4n) is 2.29. The summed E-state index contributed by atoms with van der Waals surface area (Å²) in [7, 11) is -3.55. The number of nitrogens with one attached hydrogen (secondary N) is 1. The van der Waals surface area contributed by atoms with Gasteiger partial charge in [-0.15, -0.1) is 16.8 Å². The van der Waals surface area contributed by atoms with Crippen molar-refractivity contribution in [3.63, 3.8) is 0 Å². The summed E-state index contributed by atoms with van der Waals surface area (Å²) in [6.07, 6.45) is 1.85. The number of nitrogens with zero attached hydrogens (tertiary/aromatic N) is 3. The maximum Gasteiger partial charge on any atom is 0.269 e. The van der Waals surface area contributed by atoms with Crippen LogP contribution in [0.15, 0.2) is 41.3 Å². The van der Waals surface area contributed by atoms with Gasteiger partial charge < -0.3 is 4.74 Å². The normalized spacial score (nSPS) is 16.5. The van der Waals surface area contributed by atoms with Crippen LogP contribution in [0.5, 0.6) is 5.75 Å². The van der Waals surface area contributed by atoms with Crippen LogP contribution in [-0.4, -0.2) is 49.2 Å². The van der Waals surface area contributed by atoms with Gasteiger partial charge in [0.15, 0.2) is 10.4 Å². The third kappa shape index (κ3) is 4.17. The van der Waals surface area contributed by atoms with Gasteiger partial charge >= 0.3 is 0 Å². The van der Waals surface area contributed by atoms with E-state index in [9.17, 15) is 13.2 Å². The second-order valence-corrected chi connectivity index (χ2v) is 9.48. The number of amides is 1. The van der Waals surface area contributed by atoms with Gasteiger partial charge in [0.05, 0.1) is 18.5 Å². The third-order valence-electron chi connectivity index (χ3n) is 3.39. The summed E-state index contributed by atoms with van der Waals surface area (Å²) in [5.74, 6) is 0.544. The molecule has 1 aliphatic heterocycles. The van der Waals surface area contributed by atoms with E-state index in [0.717, 1.165) is 6.26 Å². The molecule has 138 valence electrons. The van der Waals surface area contributed by atoms with Gasteiger partial charge in [0, 0.05) is 5.75 Å². The molecule has 0 aliphatic carbocycles. The average molecular weight is 413 g/mol. The molecule has 8 nitrogen and oxygen atoms in total. The topological polar surface area (TPSA) is 101 Å². The highest BCUT2D eigenvalue weighted by Gasteiger charge is 2.35. The number of benzene rings is 1. The van der Waals surface area contributed by atoms with Crippen molar-refractivity contribution in [1.29, 1.82) is 0 Å². The van der Waals surface area contributed by atoms with Crippen LogP contribution in [0.3, 0.4) is 0 Å². The van der Waals surface area contributed by atoms with Crippen molar-refractivity contribution in [3.8, 4) is 5.75 Å². The molecule has 3 rings (SSSR count). The number of thioether (sulfide) groups is 1. The SMILES string of the molecule is C=CCSc1nnc(NC(=O)C2CN(S(C)(=O)=O)c3ccccc3O2)s1. The van der Waals surface area contributed by atoms with Crippen molar-refractivity contribution in [2.75, 3.05) is 28.2 Å². The Bertz CT molecular complexity index is 928. The van der Waals surface area contributed by atoms with Gasteiger partial charge in [-0.05, 0) is 12.1 Å². The van der Waals surface area contributed by atoms with Crippen LogP contribution in [-0.2, 0) is 14.8 Å². The van der Waals surface area contributed by atoms with Crippen LogP contribution in [0.25, 0.3) is 0 Å². The third-order valence-corrected chi connectivity index (χ3v) is 6.50. The lowest BCUT2D eigenvalue weighted by molar-refractivity contribution is -0.122. The minimum absolute atomic E-state index is 0.113. The molecule has 1 aromatic heterocycles. The molecule has 0 saturated carbocycles. The summed E-state index contributed by atoms with van der Waals surface area (Å²) in [5.41, 5.74) is 0.415. The highest BCUT2D eigenvalue weighted by Crippen LogP contribution is 2.35. The molecule has 2 heterocycles. The molecule has 2 aromatic rings. The Morgan fingerprint density at radius 1 is 1.50 bits per heavy atom. The van der Waals surface area contributed by atoms with Gasteiger partial charge in [0.25, 0.3) is 5.91 Å². The van der Waals surface area contributed by atoms with Crippen molar-refractivity contribution >= 4 is 49.8 Å². The zero-order valence-electron chi connectivity index (χ0n) is 13.8. The van der Waals surface area contributed by atoms with Gasteiger partial charge in [-0.2, -0.15) is 0 Å². The predicted molar refractivity (Wildman–Crippen MR) is 103 cm³/mol. The molecular weight excluding hydrogens is 396 g/mol. The van der Waals surface area contributed by atoms with Crippen LogP contribution in [0, 0.1) is 0 Å². The molecule has 26 heavy (non-hydrogen) atoms. The average Bonchev–Trinajstić information content (AvgIpc) is 3.05. The zero-order valence-corrected chi connectivity index (χ0v) is 16.2. The van der Waals surface area contributed by atoms with Crippen LogP contribution < -0.4 is 14.4 Å². The Kier molecular flexibility index (Phi) is 5.49. The van der Waals surface area contributed by atoms with Crippen molar-refractivity contribution in [2.45, 2.75) is 10.4 Å². The quantitative estimate of drug-likeness (QED) is 0.440. The van der Waals surface area contributed by atoms with Crippen LogP contribution >= 0.6 is 23.1 Å². The van der Waals surface area contributed by atoms with Gasteiger partial charge in [-0.25, -0.2) is 8.42 Å². The fraction of sp³-hybridized carbons (Fsp3) is 0.267. The number of para-hydroxylation sites is 2. The minimum Gasteiger partial charge on any atom is -0.476 e. The monoisotopic (exact) mass is 412 g/mol. The second-order valence-electron chi connectivity index (χ2n) is 5.33. The van der Waals surface area contributed by atoms with Crippen molar-refractivity contribution in [1.82, 2.24) is 10.2 Å². The minimum atomic E-state index is -3.55. The molecule has 0 bridgehead atoms. The van der Waals surface area contributed by atoms with Gasteiger partial charge in [0.1, 0.15) is 5.75 Å². The lowest BCUT2D eigenvalue weighted by Gasteiger charge is -2.33. The predicted octanol–water partition coefficient (Wildman–Crippen LogP) is 1.98. The number of hydrogen-bond acceptors (Lipinski definition) is 8. The summed E-state index contributed by atoms with van der Waals surface area (Å²) in [4.78, 5) is 12.5. The molecule has 1 aliphatic rings. The number of fused-ring (bicyclic) bond motifs is 1. The number of sulfonamides is 1. The molecule has 0 radical (unpaired) electrons. The van der Waals surface area contributed by atoms with E-state index in [1.54, 1.807) is 30.3 Å². The fourth-order valence-corrected chi connectivity index (χ4v) is 4.72. The van der Waals surface area contributed by atoms with Crippen molar-refractivity contribution in [3.05, 3.63) is 36.9 Å². The first-order valence-electron chi connectivity index (χ1n) is 7.50. The first-order valence-corrected chi connectivity index (χ1v) is 11.1. The largest absolute Gasteiger partial charge is 0.476 e. The molecular formula is C15H16N4O4S3. The number of carbonyl (C=O) groups excluding carboxylic acids is 1. The molecule has 1 aromatic carbocycles. The molecule has 0 fully saturated rings.